The molecule has 3 amide bonds. The van der Waals surface area contributed by atoms with Crippen molar-refractivity contribution in [1.29, 1.82) is 0 Å². The number of carbonyl (C=O) groups is 2. The summed E-state index contributed by atoms with van der Waals surface area (Å²) in [5, 5.41) is 5.28. The van der Waals surface area contributed by atoms with E-state index in [9.17, 15) is 14.0 Å². The molecule has 15 heteroatoms. The number of amides is 3. The van der Waals surface area contributed by atoms with Gasteiger partial charge in [0.05, 0.1) is 11.7 Å². The molecule has 2 aliphatic heterocycles. The Balaban J connectivity index is 0.943. The largest absolute Gasteiger partial charge is 0.328 e. The number of nitrogens with zero attached hydrogens (tertiary/aromatic N) is 8. The zero-order valence-corrected chi connectivity index (χ0v) is 28.5. The molecule has 0 saturated carbocycles. The molecule has 2 aromatic carbocycles. The van der Waals surface area contributed by atoms with E-state index in [-0.39, 0.29) is 53.5 Å². The van der Waals surface area contributed by atoms with Crippen LogP contribution in [0, 0.1) is 24.4 Å². The van der Waals surface area contributed by atoms with Gasteiger partial charge >= 0.3 is 6.03 Å². The Morgan fingerprint density at radius 2 is 1.61 bits per heavy atom. The standard InChI is InChI=1S/C36H37F3N10O2/c1-21(2)49-22(3)42-34-28(38)14-25(15-30(34)49)33-29(39)18-41-35(45-33)43-31-7-4-23(17-40-31)19-46-10-12-47(13-11-46)20-24-5-6-26(16-27(24)37)48-9-8-32(50)44-36(48)51/h4-7,14-18,21H,8-13,19-20H2,1-3H3,(H,44,50,51)(H,40,41,43,45). The number of piperazine rings is 1. The first kappa shape index (κ1) is 34.1. The fourth-order valence-electron chi connectivity index (χ4n) is 6.64. The van der Waals surface area contributed by atoms with Gasteiger partial charge in [0.1, 0.15) is 28.7 Å². The van der Waals surface area contributed by atoms with Crippen LogP contribution in [0.3, 0.4) is 0 Å². The first-order chi connectivity index (χ1) is 24.5. The van der Waals surface area contributed by atoms with E-state index in [0.717, 1.165) is 37.9 Å². The number of carbonyl (C=O) groups excluding carboxylic acids is 2. The summed E-state index contributed by atoms with van der Waals surface area (Å²) in [5.41, 5.74) is 3.00. The van der Waals surface area contributed by atoms with Crippen molar-refractivity contribution in [2.45, 2.75) is 46.3 Å². The number of halogens is 3. The van der Waals surface area contributed by atoms with Crippen molar-refractivity contribution in [3.63, 3.8) is 0 Å². The molecule has 0 aliphatic carbocycles. The highest BCUT2D eigenvalue weighted by Gasteiger charge is 2.26. The van der Waals surface area contributed by atoms with Gasteiger partial charge in [-0.15, -0.1) is 0 Å². The van der Waals surface area contributed by atoms with E-state index in [2.05, 4.69) is 40.4 Å². The highest BCUT2D eigenvalue weighted by atomic mass is 19.1. The summed E-state index contributed by atoms with van der Waals surface area (Å²) in [4.78, 5) is 46.7. The summed E-state index contributed by atoms with van der Waals surface area (Å²) in [7, 11) is 0. The van der Waals surface area contributed by atoms with Gasteiger partial charge in [-0.3, -0.25) is 24.8 Å². The summed E-state index contributed by atoms with van der Waals surface area (Å²) in [6, 6.07) is 10.9. The van der Waals surface area contributed by atoms with E-state index in [1.54, 1.807) is 30.5 Å². The predicted molar refractivity (Wildman–Crippen MR) is 186 cm³/mol. The van der Waals surface area contributed by atoms with Crippen molar-refractivity contribution >= 4 is 40.4 Å². The number of imidazole rings is 1. The van der Waals surface area contributed by atoms with Crippen molar-refractivity contribution in [3.8, 4) is 11.3 Å². The van der Waals surface area contributed by atoms with Gasteiger partial charge in [-0.25, -0.2) is 37.9 Å². The Hall–Kier alpha value is -5.41. The van der Waals surface area contributed by atoms with Crippen LogP contribution in [-0.2, 0) is 17.9 Å². The van der Waals surface area contributed by atoms with Crippen molar-refractivity contribution < 1.29 is 22.8 Å². The number of imide groups is 1. The van der Waals surface area contributed by atoms with Crippen LogP contribution in [0.15, 0.2) is 54.9 Å². The number of rotatable bonds is 9. The molecule has 7 rings (SSSR count). The van der Waals surface area contributed by atoms with E-state index >= 15 is 8.78 Å². The van der Waals surface area contributed by atoms with Crippen LogP contribution in [0.2, 0.25) is 0 Å². The van der Waals surface area contributed by atoms with E-state index in [1.807, 2.05) is 31.4 Å². The lowest BCUT2D eigenvalue weighted by Gasteiger charge is -2.35. The second-order valence-corrected chi connectivity index (χ2v) is 13.1. The number of nitrogens with one attached hydrogen (secondary N) is 2. The van der Waals surface area contributed by atoms with E-state index in [0.29, 0.717) is 41.5 Å². The van der Waals surface area contributed by atoms with Crippen molar-refractivity contribution in [2.24, 2.45) is 0 Å². The van der Waals surface area contributed by atoms with Crippen molar-refractivity contribution in [1.82, 2.24) is 39.6 Å². The molecule has 0 atom stereocenters. The molecule has 51 heavy (non-hydrogen) atoms. The second kappa shape index (κ2) is 14.1. The Morgan fingerprint density at radius 3 is 2.29 bits per heavy atom. The minimum atomic E-state index is -0.680. The maximum atomic E-state index is 15.1. The first-order valence-corrected chi connectivity index (χ1v) is 16.8. The highest BCUT2D eigenvalue weighted by molar-refractivity contribution is 6.05. The average Bonchev–Trinajstić information content (AvgIpc) is 3.45. The topological polar surface area (TPSA) is 124 Å². The fourth-order valence-corrected chi connectivity index (χ4v) is 6.64. The monoisotopic (exact) mass is 698 g/mol. The lowest BCUT2D eigenvalue weighted by atomic mass is 10.1. The average molecular weight is 699 g/mol. The van der Waals surface area contributed by atoms with Crippen LogP contribution < -0.4 is 15.5 Å². The maximum Gasteiger partial charge on any atom is 0.328 e. The van der Waals surface area contributed by atoms with Crippen LogP contribution in [0.25, 0.3) is 22.3 Å². The van der Waals surface area contributed by atoms with Gasteiger partial charge in [0, 0.05) is 81.3 Å². The predicted octanol–water partition coefficient (Wildman–Crippen LogP) is 5.70. The molecule has 0 radical (unpaired) electrons. The number of hydrogen-bond donors (Lipinski definition) is 2. The van der Waals surface area contributed by atoms with E-state index in [4.69, 9.17) is 0 Å². The summed E-state index contributed by atoms with van der Waals surface area (Å²) < 4.78 is 46.9. The number of pyridine rings is 1. The number of urea groups is 1. The quantitative estimate of drug-likeness (QED) is 0.200. The van der Waals surface area contributed by atoms with Gasteiger partial charge in [-0.05, 0) is 56.7 Å². The SMILES string of the molecule is Cc1nc2c(F)cc(-c3nc(Nc4ccc(CN5CCN(Cc6ccc(N7CCC(=O)NC7=O)cc6F)CC5)cn4)ncc3F)cc2n1C(C)C. The number of fused-ring (bicyclic) bond motifs is 1. The summed E-state index contributed by atoms with van der Waals surface area (Å²) in [5.74, 6) is -0.692. The third-order valence-corrected chi connectivity index (χ3v) is 9.19. The number of aryl methyl sites for hydroxylation is 1. The Morgan fingerprint density at radius 1 is 0.843 bits per heavy atom. The molecule has 0 bridgehead atoms. The van der Waals surface area contributed by atoms with Crippen LogP contribution >= 0.6 is 0 Å². The van der Waals surface area contributed by atoms with Crippen LogP contribution in [0.4, 0.5) is 35.4 Å². The Labute approximate surface area is 292 Å². The molecular formula is C36H37F3N10O2. The molecule has 5 heterocycles. The number of aromatic nitrogens is 5. The van der Waals surface area contributed by atoms with Gasteiger partial charge in [0.2, 0.25) is 11.9 Å². The van der Waals surface area contributed by atoms with Gasteiger partial charge < -0.3 is 9.88 Å². The molecule has 2 saturated heterocycles. The molecule has 12 nitrogen and oxygen atoms in total. The molecule has 264 valence electrons. The molecule has 0 spiro atoms. The smallest absolute Gasteiger partial charge is 0.326 e. The van der Waals surface area contributed by atoms with Crippen molar-refractivity contribution in [3.05, 3.63) is 89.3 Å². The molecular weight excluding hydrogens is 661 g/mol. The lowest BCUT2D eigenvalue weighted by Crippen LogP contribution is -2.49. The summed E-state index contributed by atoms with van der Waals surface area (Å²) in [6.45, 7) is 10.2. The minimum absolute atomic E-state index is 0.0328. The fraction of sp³-hybridized carbons (Fsp3) is 0.333. The normalized spacial score (nSPS) is 15.9. The molecule has 2 N–H and O–H groups in total. The first-order valence-electron chi connectivity index (χ1n) is 16.8. The summed E-state index contributed by atoms with van der Waals surface area (Å²) >= 11 is 0. The third kappa shape index (κ3) is 7.25. The van der Waals surface area contributed by atoms with Gasteiger partial charge in [0.15, 0.2) is 11.6 Å². The van der Waals surface area contributed by atoms with Gasteiger partial charge in [0.25, 0.3) is 0 Å². The highest BCUT2D eigenvalue weighted by Crippen LogP contribution is 2.30. The molecule has 5 aromatic rings. The Kier molecular flexibility index (Phi) is 9.40. The zero-order chi connectivity index (χ0) is 35.8. The second-order valence-electron chi connectivity index (χ2n) is 13.1. The van der Waals surface area contributed by atoms with Crippen LogP contribution in [-0.4, -0.2) is 79.0 Å². The maximum absolute atomic E-state index is 15.1. The third-order valence-electron chi connectivity index (χ3n) is 9.19. The Bertz CT molecular complexity index is 2110. The zero-order valence-electron chi connectivity index (χ0n) is 28.5. The van der Waals surface area contributed by atoms with Crippen LogP contribution in [0.1, 0.15) is 43.3 Å². The molecule has 2 fully saturated rings. The van der Waals surface area contributed by atoms with Gasteiger partial charge in [-0.2, -0.15) is 0 Å². The summed E-state index contributed by atoms with van der Waals surface area (Å²) in [6.07, 6.45) is 2.99. The van der Waals surface area contributed by atoms with Crippen LogP contribution in [0.5, 0.6) is 0 Å². The number of benzene rings is 2. The lowest BCUT2D eigenvalue weighted by molar-refractivity contribution is -0.120. The minimum Gasteiger partial charge on any atom is -0.326 e. The van der Waals surface area contributed by atoms with Crippen molar-refractivity contribution in [2.75, 3.05) is 42.9 Å². The molecule has 2 aliphatic rings. The molecule has 3 aromatic heterocycles. The number of anilines is 3. The van der Waals surface area contributed by atoms with E-state index in [1.165, 1.54) is 17.0 Å². The van der Waals surface area contributed by atoms with E-state index < -0.39 is 17.7 Å². The molecule has 0 unspecified atom stereocenters. The van der Waals surface area contributed by atoms with Gasteiger partial charge in [-0.1, -0.05) is 12.1 Å². The number of hydrogen-bond acceptors (Lipinski definition) is 9.